The summed E-state index contributed by atoms with van der Waals surface area (Å²) in [4.78, 5) is 14.5. The van der Waals surface area contributed by atoms with Crippen molar-refractivity contribution >= 4 is 28.6 Å². The molecule has 32 heavy (non-hydrogen) atoms. The van der Waals surface area contributed by atoms with E-state index in [2.05, 4.69) is 22.8 Å². The minimum absolute atomic E-state index is 0.397. The molecule has 1 aliphatic rings. The van der Waals surface area contributed by atoms with Crippen molar-refractivity contribution in [3.05, 3.63) is 101 Å². The van der Waals surface area contributed by atoms with Crippen molar-refractivity contribution in [1.82, 2.24) is 9.47 Å². The minimum Gasteiger partial charge on any atom is -0.410 e. The molecule has 0 aliphatic carbocycles. The van der Waals surface area contributed by atoms with E-state index in [0.29, 0.717) is 30.3 Å². The molecule has 5 rings (SSSR count). The number of nitriles is 1. The Bertz CT molecular complexity index is 1330. The number of aromatic nitrogens is 1. The maximum absolute atomic E-state index is 13.0. The molecule has 1 aromatic heterocycles. The van der Waals surface area contributed by atoms with Crippen molar-refractivity contribution in [1.29, 1.82) is 5.26 Å². The molecule has 0 fully saturated rings. The van der Waals surface area contributed by atoms with Gasteiger partial charge in [-0.2, -0.15) is 5.26 Å². The van der Waals surface area contributed by atoms with Crippen LogP contribution in [0.4, 0.5) is 4.79 Å². The van der Waals surface area contributed by atoms with Crippen molar-refractivity contribution in [2.24, 2.45) is 0 Å². The fraction of sp³-hybridized carbons (Fsp3) is 0.154. The zero-order valence-corrected chi connectivity index (χ0v) is 18.0. The van der Waals surface area contributed by atoms with Crippen LogP contribution in [0.15, 0.2) is 78.9 Å². The average molecular weight is 442 g/mol. The molecule has 0 spiro atoms. The fourth-order valence-electron chi connectivity index (χ4n) is 4.41. The van der Waals surface area contributed by atoms with Crippen molar-refractivity contribution in [2.45, 2.75) is 19.0 Å². The summed E-state index contributed by atoms with van der Waals surface area (Å²) in [6.07, 6.45) is 0.0960. The quantitative estimate of drug-likeness (QED) is 0.394. The summed E-state index contributed by atoms with van der Waals surface area (Å²) in [5.41, 5.74) is 4.00. The van der Waals surface area contributed by atoms with Gasteiger partial charge in [-0.05, 0) is 47.9 Å². The maximum Gasteiger partial charge on any atom is 0.416 e. The second-order valence-corrected chi connectivity index (χ2v) is 8.19. The molecular formula is C26H20ClN3O2. The second-order valence-electron chi connectivity index (χ2n) is 7.75. The highest BCUT2D eigenvalue weighted by Crippen LogP contribution is 2.38. The number of hydrogen-bond acceptors (Lipinski definition) is 3. The Morgan fingerprint density at radius 1 is 1.06 bits per heavy atom. The summed E-state index contributed by atoms with van der Waals surface area (Å²) in [7, 11) is 0. The van der Waals surface area contributed by atoms with E-state index in [-0.39, 0.29) is 0 Å². The molecule has 0 saturated heterocycles. The lowest BCUT2D eigenvalue weighted by Gasteiger charge is -2.32. The molecule has 0 bridgehead atoms. The molecule has 1 unspecified atom stereocenters. The first-order valence-corrected chi connectivity index (χ1v) is 10.8. The van der Waals surface area contributed by atoms with Crippen LogP contribution >= 0.6 is 11.6 Å². The largest absolute Gasteiger partial charge is 0.416 e. The van der Waals surface area contributed by atoms with Gasteiger partial charge in [-0.15, -0.1) is 0 Å². The van der Waals surface area contributed by atoms with Crippen LogP contribution in [0.25, 0.3) is 10.9 Å². The maximum atomic E-state index is 13.0. The monoisotopic (exact) mass is 441 g/mol. The third kappa shape index (κ3) is 3.59. The Balaban J connectivity index is 1.59. The van der Waals surface area contributed by atoms with Gasteiger partial charge >= 0.3 is 6.09 Å². The molecule has 3 aromatic carbocycles. The summed E-state index contributed by atoms with van der Waals surface area (Å²) in [5.74, 6) is 0.455. The molecule has 158 valence electrons. The van der Waals surface area contributed by atoms with Gasteiger partial charge < -0.3 is 9.30 Å². The smallest absolute Gasteiger partial charge is 0.410 e. The summed E-state index contributed by atoms with van der Waals surface area (Å²) in [6.45, 7) is 0.988. The number of carbonyl (C=O) groups excluding carboxylic acids is 1. The first kappa shape index (κ1) is 20.2. The van der Waals surface area contributed by atoms with Crippen LogP contribution in [0, 0.1) is 11.3 Å². The van der Waals surface area contributed by atoms with Crippen molar-refractivity contribution < 1.29 is 9.53 Å². The number of halogens is 1. The predicted octanol–water partition coefficient (Wildman–Crippen LogP) is 5.96. The summed E-state index contributed by atoms with van der Waals surface area (Å²) < 4.78 is 7.69. The van der Waals surface area contributed by atoms with E-state index < -0.39 is 12.1 Å². The average Bonchev–Trinajstić information content (AvgIpc) is 3.12. The molecule has 0 N–H and O–H groups in total. The lowest BCUT2D eigenvalue weighted by atomic mass is 9.98. The number of nitrogens with zero attached hydrogens (tertiary/aromatic N) is 3. The highest BCUT2D eigenvalue weighted by Gasteiger charge is 2.36. The van der Waals surface area contributed by atoms with E-state index in [9.17, 15) is 10.1 Å². The Morgan fingerprint density at radius 3 is 2.50 bits per heavy atom. The van der Waals surface area contributed by atoms with E-state index in [0.717, 1.165) is 27.7 Å². The SMILES string of the molecule is N#CC1c2c(c3cc(Cl)ccc3n2Cc2ccccc2)CCN1C(=O)Oc1ccccc1. The van der Waals surface area contributed by atoms with Crippen LogP contribution < -0.4 is 4.74 Å². The number of fused-ring (bicyclic) bond motifs is 3. The van der Waals surface area contributed by atoms with Gasteiger partial charge in [-0.3, -0.25) is 4.90 Å². The van der Waals surface area contributed by atoms with Crippen LogP contribution in [0.1, 0.15) is 22.9 Å². The molecule has 0 radical (unpaired) electrons. The predicted molar refractivity (Wildman–Crippen MR) is 124 cm³/mol. The van der Waals surface area contributed by atoms with Gasteiger partial charge in [-0.25, -0.2) is 4.79 Å². The third-order valence-corrected chi connectivity index (χ3v) is 6.07. The van der Waals surface area contributed by atoms with E-state index >= 15 is 0 Å². The number of carbonyl (C=O) groups is 1. The summed E-state index contributed by atoms with van der Waals surface area (Å²) in [5, 5.41) is 11.8. The second kappa shape index (κ2) is 8.41. The molecule has 1 amide bonds. The van der Waals surface area contributed by atoms with Gasteiger partial charge in [0.25, 0.3) is 0 Å². The van der Waals surface area contributed by atoms with E-state index in [1.807, 2.05) is 42.5 Å². The normalized spacial score (nSPS) is 15.2. The molecular weight excluding hydrogens is 422 g/mol. The molecule has 1 aliphatic heterocycles. The number of para-hydroxylation sites is 1. The van der Waals surface area contributed by atoms with E-state index in [1.54, 1.807) is 24.3 Å². The van der Waals surface area contributed by atoms with E-state index in [4.69, 9.17) is 16.3 Å². The molecule has 0 saturated carbocycles. The van der Waals surface area contributed by atoms with Crippen LogP contribution in [-0.2, 0) is 13.0 Å². The first-order valence-electron chi connectivity index (χ1n) is 10.4. The van der Waals surface area contributed by atoms with Crippen molar-refractivity contribution in [3.8, 4) is 11.8 Å². The molecule has 1 atom stereocenters. The number of amides is 1. The Hall–Kier alpha value is -3.75. The molecule has 4 aromatic rings. The minimum atomic E-state index is -0.759. The van der Waals surface area contributed by atoms with Crippen LogP contribution in [0.3, 0.4) is 0 Å². The van der Waals surface area contributed by atoms with Gasteiger partial charge in [0.15, 0.2) is 6.04 Å². The summed E-state index contributed by atoms with van der Waals surface area (Å²) in [6, 6.07) is 26.4. The Morgan fingerprint density at radius 2 is 1.78 bits per heavy atom. The van der Waals surface area contributed by atoms with Crippen LogP contribution in [-0.4, -0.2) is 22.1 Å². The number of benzene rings is 3. The standard InChI is InChI=1S/C26H20ClN3O2/c27-19-11-12-23-22(15-19)21-13-14-29(26(31)32-20-9-5-2-6-10-20)24(16-28)25(21)30(23)17-18-7-3-1-4-8-18/h1-12,15,24H,13-14,17H2. The lowest BCUT2D eigenvalue weighted by Crippen LogP contribution is -2.41. The highest BCUT2D eigenvalue weighted by molar-refractivity contribution is 6.31. The third-order valence-electron chi connectivity index (χ3n) is 5.84. The number of rotatable bonds is 3. The van der Waals surface area contributed by atoms with Crippen molar-refractivity contribution in [3.63, 3.8) is 0 Å². The first-order chi connectivity index (χ1) is 15.7. The van der Waals surface area contributed by atoms with Gasteiger partial charge in [0.2, 0.25) is 0 Å². The topological polar surface area (TPSA) is 58.3 Å². The lowest BCUT2D eigenvalue weighted by molar-refractivity contribution is 0.137. The zero-order valence-electron chi connectivity index (χ0n) is 17.2. The van der Waals surface area contributed by atoms with Gasteiger partial charge in [0, 0.05) is 29.0 Å². The molecule has 5 nitrogen and oxygen atoms in total. The van der Waals surface area contributed by atoms with Crippen LogP contribution in [0.5, 0.6) is 5.75 Å². The Kier molecular flexibility index (Phi) is 5.30. The van der Waals surface area contributed by atoms with Gasteiger partial charge in [-0.1, -0.05) is 60.1 Å². The van der Waals surface area contributed by atoms with Crippen LogP contribution in [0.2, 0.25) is 5.02 Å². The molecule has 6 heteroatoms. The fourth-order valence-corrected chi connectivity index (χ4v) is 4.58. The number of ether oxygens (including phenoxy) is 1. The summed E-state index contributed by atoms with van der Waals surface area (Å²) >= 11 is 6.31. The molecule has 2 heterocycles. The zero-order chi connectivity index (χ0) is 22.1. The van der Waals surface area contributed by atoms with Gasteiger partial charge in [0.1, 0.15) is 5.75 Å². The van der Waals surface area contributed by atoms with Crippen molar-refractivity contribution in [2.75, 3.05) is 6.54 Å². The Labute approximate surface area is 191 Å². The highest BCUT2D eigenvalue weighted by atomic mass is 35.5. The number of hydrogen-bond donors (Lipinski definition) is 0. The van der Waals surface area contributed by atoms with Gasteiger partial charge in [0.05, 0.1) is 11.8 Å². The van der Waals surface area contributed by atoms with E-state index in [1.165, 1.54) is 4.90 Å².